The van der Waals surface area contributed by atoms with E-state index in [0.29, 0.717) is 11.1 Å². The summed E-state index contributed by atoms with van der Waals surface area (Å²) >= 11 is 6.31. The van der Waals surface area contributed by atoms with Crippen LogP contribution in [0.1, 0.15) is 0 Å². The predicted molar refractivity (Wildman–Crippen MR) is 109 cm³/mol. The highest BCUT2D eigenvalue weighted by molar-refractivity contribution is 14.1. The van der Waals surface area contributed by atoms with Gasteiger partial charge >= 0.3 is 5.63 Å². The molecule has 4 rings (SSSR count). The Kier molecular flexibility index (Phi) is 3.74. The third-order valence-corrected chi connectivity index (χ3v) is 6.79. The smallest absolute Gasteiger partial charge is 0.344 e. The van der Waals surface area contributed by atoms with E-state index in [1.807, 2.05) is 36.4 Å². The third kappa shape index (κ3) is 2.21. The van der Waals surface area contributed by atoms with Crippen molar-refractivity contribution in [3.05, 3.63) is 65.4 Å². The molecule has 0 saturated carbocycles. The molecule has 0 radical (unpaired) electrons. The maximum atomic E-state index is 12.3. The van der Waals surface area contributed by atoms with Crippen molar-refractivity contribution in [3.8, 4) is 11.3 Å². The van der Waals surface area contributed by atoms with Crippen LogP contribution in [0, 0.1) is 6.45 Å². The first-order valence-corrected chi connectivity index (χ1v) is 9.53. The maximum absolute atomic E-state index is 12.3. The van der Waals surface area contributed by atoms with Gasteiger partial charge in [-0.1, -0.05) is 36.4 Å². The van der Waals surface area contributed by atoms with E-state index in [4.69, 9.17) is 4.42 Å². The van der Waals surface area contributed by atoms with Crippen molar-refractivity contribution in [1.82, 2.24) is 0 Å². The Morgan fingerprint density at radius 1 is 0.864 bits per heavy atom. The van der Waals surface area contributed by atoms with Crippen LogP contribution in [-0.4, -0.2) is 0 Å². The molecule has 0 aliphatic heterocycles. The lowest BCUT2D eigenvalue weighted by molar-refractivity contribution is 0.532. The molecule has 0 N–H and O–H groups in total. The lowest BCUT2D eigenvalue weighted by Crippen LogP contribution is -2.02. The van der Waals surface area contributed by atoms with E-state index in [9.17, 15) is 4.79 Å². The average Bonchev–Trinajstić information content (AvgIpc) is 2.87. The van der Waals surface area contributed by atoms with E-state index < -0.39 is 0 Å². The van der Waals surface area contributed by atoms with Gasteiger partial charge in [0.1, 0.15) is 0 Å². The normalized spacial score (nSPS) is 11.4. The van der Waals surface area contributed by atoms with Crippen molar-refractivity contribution in [2.24, 2.45) is 0 Å². The van der Waals surface area contributed by atoms with Crippen molar-refractivity contribution in [2.45, 2.75) is 0 Å². The van der Waals surface area contributed by atoms with Crippen LogP contribution >= 0.6 is 56.5 Å². The fourth-order valence-electron chi connectivity index (χ4n) is 2.56. The zero-order chi connectivity index (χ0) is 15.3. The molecule has 0 spiro atoms. The second-order valence-corrected chi connectivity index (χ2v) is 8.77. The van der Waals surface area contributed by atoms with Crippen molar-refractivity contribution in [3.63, 3.8) is 0 Å². The first kappa shape index (κ1) is 14.6. The van der Waals surface area contributed by atoms with Crippen LogP contribution in [0.4, 0.5) is 0 Å². The molecule has 0 aliphatic carbocycles. The Morgan fingerprint density at radius 3 is 2.27 bits per heavy atom. The van der Waals surface area contributed by atoms with Crippen LogP contribution in [0.5, 0.6) is 0 Å². The Hall–Kier alpha value is -0.930. The van der Waals surface area contributed by atoms with Gasteiger partial charge in [-0.2, -0.15) is 0 Å². The molecule has 5 heteroatoms. The first-order chi connectivity index (χ1) is 10.7. The van der Waals surface area contributed by atoms with Crippen LogP contribution in [-0.2, 0) is 0 Å². The fraction of sp³-hybridized carbons (Fsp3) is 0. The Bertz CT molecular complexity index is 1080. The minimum absolute atomic E-state index is 0.280. The molecule has 0 saturated heterocycles. The van der Waals surface area contributed by atoms with Crippen LogP contribution in [0.15, 0.2) is 57.7 Å². The average molecular weight is 530 g/mol. The minimum Gasteiger partial charge on any atom is -0.421 e. The fourth-order valence-corrected chi connectivity index (χ4v) is 5.58. The highest BCUT2D eigenvalue weighted by Gasteiger charge is 2.19. The molecule has 0 unspecified atom stereocenters. The molecule has 2 heterocycles. The number of hydrogen-bond donors (Lipinski definition) is 0. The van der Waals surface area contributed by atoms with Gasteiger partial charge in [-0.3, -0.25) is 0 Å². The zero-order valence-corrected chi connectivity index (χ0v) is 16.2. The second kappa shape index (κ2) is 5.61. The van der Waals surface area contributed by atoms with E-state index in [1.54, 1.807) is 11.3 Å². The third-order valence-electron chi connectivity index (χ3n) is 3.56. The molecule has 4 aromatic rings. The standard InChI is InChI=1S/C17H8I2O2S/c18-14-9-5-1-2-6-10(9)17(20)21-15(14)13-11-7-3-4-8-12(11)22-16(13)19/h1-8H. The number of thiophene rings is 1. The van der Waals surface area contributed by atoms with E-state index in [2.05, 4.69) is 57.3 Å². The Labute approximate surface area is 157 Å². The molecule has 22 heavy (non-hydrogen) atoms. The number of halogens is 2. The van der Waals surface area contributed by atoms with Crippen molar-refractivity contribution in [2.75, 3.05) is 0 Å². The quantitative estimate of drug-likeness (QED) is 0.288. The summed E-state index contributed by atoms with van der Waals surface area (Å²) in [6.45, 7) is 0. The summed E-state index contributed by atoms with van der Waals surface area (Å²) in [4.78, 5) is 12.3. The molecule has 0 atom stereocenters. The zero-order valence-electron chi connectivity index (χ0n) is 11.1. The van der Waals surface area contributed by atoms with Gasteiger partial charge in [-0.05, 0) is 57.3 Å². The molecule has 2 nitrogen and oxygen atoms in total. The highest BCUT2D eigenvalue weighted by Crippen LogP contribution is 2.41. The molecule has 108 valence electrons. The van der Waals surface area contributed by atoms with E-state index in [0.717, 1.165) is 22.8 Å². The van der Waals surface area contributed by atoms with Crippen LogP contribution in [0.2, 0.25) is 0 Å². The van der Waals surface area contributed by atoms with Crippen LogP contribution < -0.4 is 5.63 Å². The lowest BCUT2D eigenvalue weighted by Gasteiger charge is -2.06. The van der Waals surface area contributed by atoms with Gasteiger partial charge in [0.05, 0.1) is 17.4 Å². The van der Waals surface area contributed by atoms with Gasteiger partial charge in [-0.15, -0.1) is 11.3 Å². The van der Waals surface area contributed by atoms with Gasteiger partial charge in [-0.25, -0.2) is 4.79 Å². The van der Waals surface area contributed by atoms with Gasteiger partial charge in [0.25, 0.3) is 0 Å². The topological polar surface area (TPSA) is 30.2 Å². The monoisotopic (exact) mass is 530 g/mol. The highest BCUT2D eigenvalue weighted by atomic mass is 127. The van der Waals surface area contributed by atoms with Gasteiger partial charge in [0.15, 0.2) is 5.76 Å². The first-order valence-electron chi connectivity index (χ1n) is 6.55. The number of hydrogen-bond acceptors (Lipinski definition) is 3. The predicted octanol–water partition coefficient (Wildman–Crippen LogP) is 5.88. The molecular formula is C17H8I2O2S. The van der Waals surface area contributed by atoms with Gasteiger partial charge < -0.3 is 4.42 Å². The Balaban J connectivity index is 2.16. The summed E-state index contributed by atoms with van der Waals surface area (Å²) < 4.78 is 9.01. The van der Waals surface area contributed by atoms with Crippen LogP contribution in [0.25, 0.3) is 32.2 Å². The summed E-state index contributed by atoms with van der Waals surface area (Å²) in [5.74, 6) is 0.672. The molecule has 0 amide bonds. The number of rotatable bonds is 1. The van der Waals surface area contributed by atoms with Gasteiger partial charge in [0.2, 0.25) is 0 Å². The summed E-state index contributed by atoms with van der Waals surface area (Å²) in [6, 6.07) is 15.8. The number of benzene rings is 2. The van der Waals surface area contributed by atoms with E-state index in [-0.39, 0.29) is 5.63 Å². The molecule has 0 aliphatic rings. The molecule has 0 fully saturated rings. The van der Waals surface area contributed by atoms with Gasteiger partial charge in [0, 0.05) is 15.5 Å². The molecule has 0 bridgehead atoms. The van der Waals surface area contributed by atoms with E-state index >= 15 is 0 Å². The van der Waals surface area contributed by atoms with E-state index in [1.165, 1.54) is 4.70 Å². The summed E-state index contributed by atoms with van der Waals surface area (Å²) in [5, 5.41) is 2.71. The largest absolute Gasteiger partial charge is 0.421 e. The summed E-state index contributed by atoms with van der Waals surface area (Å²) in [5.41, 5.74) is 0.741. The Morgan fingerprint density at radius 2 is 1.50 bits per heavy atom. The lowest BCUT2D eigenvalue weighted by atomic mass is 10.1. The summed E-state index contributed by atoms with van der Waals surface area (Å²) in [7, 11) is 0. The minimum atomic E-state index is -0.280. The summed E-state index contributed by atoms with van der Waals surface area (Å²) in [6.07, 6.45) is 0. The maximum Gasteiger partial charge on any atom is 0.344 e. The molecular weight excluding hydrogens is 522 g/mol. The molecule has 2 aromatic carbocycles. The van der Waals surface area contributed by atoms with Crippen LogP contribution in [0.3, 0.4) is 0 Å². The second-order valence-electron chi connectivity index (χ2n) is 4.83. The van der Waals surface area contributed by atoms with Crippen molar-refractivity contribution in [1.29, 1.82) is 0 Å². The molecule has 2 aromatic heterocycles. The van der Waals surface area contributed by atoms with Crippen molar-refractivity contribution < 1.29 is 4.42 Å². The van der Waals surface area contributed by atoms with Crippen molar-refractivity contribution >= 4 is 77.4 Å². The SMILES string of the molecule is O=c1oc(-c2c(I)sc3ccccc23)c(I)c2ccccc12. The number of fused-ring (bicyclic) bond motifs is 2.